The summed E-state index contributed by atoms with van der Waals surface area (Å²) in [4.78, 5) is 18.7. The minimum Gasteiger partial charge on any atom is -0.331 e. The molecule has 0 saturated heterocycles. The van der Waals surface area contributed by atoms with E-state index in [1.165, 1.54) is 5.56 Å². The smallest absolute Gasteiger partial charge is 0.254 e. The Kier molecular flexibility index (Phi) is 3.50. The number of hydrogen-bond acceptors (Lipinski definition) is 2. The van der Waals surface area contributed by atoms with Crippen LogP contribution in [-0.2, 0) is 6.54 Å². The highest BCUT2D eigenvalue weighted by atomic mass is 16.2. The van der Waals surface area contributed by atoms with Crippen LogP contribution < -0.4 is 0 Å². The summed E-state index contributed by atoms with van der Waals surface area (Å²) in [6, 6.07) is 12.1. The fourth-order valence-corrected chi connectivity index (χ4v) is 2.30. The molecule has 0 radical (unpaired) electrons. The van der Waals surface area contributed by atoms with Crippen molar-refractivity contribution in [1.82, 2.24) is 9.88 Å². The summed E-state index contributed by atoms with van der Waals surface area (Å²) in [5.74, 6) is 0.122. The highest BCUT2D eigenvalue weighted by molar-refractivity contribution is 5.94. The number of aromatic nitrogens is 1. The van der Waals surface area contributed by atoms with Gasteiger partial charge in [0.1, 0.15) is 0 Å². The average Bonchev–Trinajstić information content (AvgIpc) is 3.30. The van der Waals surface area contributed by atoms with Crippen molar-refractivity contribution in [2.75, 3.05) is 0 Å². The van der Waals surface area contributed by atoms with Crippen LogP contribution in [0.3, 0.4) is 0 Å². The Morgan fingerprint density at radius 3 is 2.60 bits per heavy atom. The molecule has 1 saturated carbocycles. The van der Waals surface area contributed by atoms with E-state index in [1.54, 1.807) is 6.20 Å². The number of amides is 1. The van der Waals surface area contributed by atoms with Gasteiger partial charge in [-0.1, -0.05) is 23.8 Å². The van der Waals surface area contributed by atoms with Crippen LogP contribution >= 0.6 is 0 Å². The molecular weight excluding hydrogens is 248 g/mol. The van der Waals surface area contributed by atoms with Gasteiger partial charge in [-0.25, -0.2) is 0 Å². The van der Waals surface area contributed by atoms with Gasteiger partial charge in [-0.3, -0.25) is 9.78 Å². The number of pyridine rings is 1. The summed E-state index contributed by atoms with van der Waals surface area (Å²) in [5, 5.41) is 0. The van der Waals surface area contributed by atoms with Crippen molar-refractivity contribution >= 4 is 5.91 Å². The molecule has 3 nitrogen and oxygen atoms in total. The molecule has 0 unspecified atom stereocenters. The molecule has 0 spiro atoms. The molecule has 20 heavy (non-hydrogen) atoms. The van der Waals surface area contributed by atoms with Gasteiger partial charge in [0.2, 0.25) is 0 Å². The quantitative estimate of drug-likeness (QED) is 0.851. The molecule has 102 valence electrons. The second-order valence-corrected chi connectivity index (χ2v) is 5.39. The maximum atomic E-state index is 12.6. The number of hydrogen-bond donors (Lipinski definition) is 0. The van der Waals surface area contributed by atoms with E-state index in [2.05, 4.69) is 4.98 Å². The van der Waals surface area contributed by atoms with Gasteiger partial charge in [0, 0.05) is 30.5 Å². The van der Waals surface area contributed by atoms with Crippen LogP contribution in [0.2, 0.25) is 0 Å². The first-order valence-electron chi connectivity index (χ1n) is 7.00. The molecule has 2 aromatic rings. The van der Waals surface area contributed by atoms with E-state index < -0.39 is 0 Å². The summed E-state index contributed by atoms with van der Waals surface area (Å²) in [5.41, 5.74) is 3.03. The minimum absolute atomic E-state index is 0.122. The fourth-order valence-electron chi connectivity index (χ4n) is 2.30. The van der Waals surface area contributed by atoms with Crippen LogP contribution in [0.15, 0.2) is 48.8 Å². The van der Waals surface area contributed by atoms with Gasteiger partial charge in [0.15, 0.2) is 0 Å². The van der Waals surface area contributed by atoms with Crippen molar-refractivity contribution in [2.24, 2.45) is 0 Å². The molecule has 3 rings (SSSR count). The number of benzene rings is 1. The van der Waals surface area contributed by atoms with Crippen molar-refractivity contribution < 1.29 is 4.79 Å². The molecular formula is C17H18N2O. The van der Waals surface area contributed by atoms with E-state index in [0.717, 1.165) is 24.0 Å². The van der Waals surface area contributed by atoms with E-state index in [0.29, 0.717) is 12.6 Å². The van der Waals surface area contributed by atoms with Crippen LogP contribution in [0.1, 0.15) is 34.3 Å². The fraction of sp³-hybridized carbons (Fsp3) is 0.294. The highest BCUT2D eigenvalue weighted by Crippen LogP contribution is 2.29. The molecule has 0 aliphatic heterocycles. The zero-order chi connectivity index (χ0) is 13.9. The lowest BCUT2D eigenvalue weighted by molar-refractivity contribution is 0.0730. The van der Waals surface area contributed by atoms with Crippen molar-refractivity contribution in [1.29, 1.82) is 0 Å². The van der Waals surface area contributed by atoms with Gasteiger partial charge in [-0.15, -0.1) is 0 Å². The van der Waals surface area contributed by atoms with Crippen LogP contribution in [0.25, 0.3) is 0 Å². The molecule has 1 amide bonds. The Hall–Kier alpha value is -2.16. The lowest BCUT2D eigenvalue weighted by Crippen LogP contribution is -2.32. The second kappa shape index (κ2) is 5.45. The Labute approximate surface area is 119 Å². The summed E-state index contributed by atoms with van der Waals surface area (Å²) >= 11 is 0. The monoisotopic (exact) mass is 266 g/mol. The summed E-state index contributed by atoms with van der Waals surface area (Å²) < 4.78 is 0. The van der Waals surface area contributed by atoms with E-state index in [9.17, 15) is 4.79 Å². The third kappa shape index (κ3) is 2.87. The standard InChI is InChI=1S/C17H18N2O/c1-13-4-6-15(7-5-13)17(20)19(16-8-9-16)12-14-3-2-10-18-11-14/h2-7,10-11,16H,8-9,12H2,1H3. The van der Waals surface area contributed by atoms with Crippen LogP contribution in [-0.4, -0.2) is 21.8 Å². The van der Waals surface area contributed by atoms with Gasteiger partial charge in [-0.2, -0.15) is 0 Å². The van der Waals surface area contributed by atoms with Crippen molar-refractivity contribution in [3.05, 3.63) is 65.5 Å². The van der Waals surface area contributed by atoms with E-state index >= 15 is 0 Å². The maximum absolute atomic E-state index is 12.6. The molecule has 1 heterocycles. The lowest BCUT2D eigenvalue weighted by atomic mass is 10.1. The first-order valence-corrected chi connectivity index (χ1v) is 7.00. The molecule has 0 N–H and O–H groups in total. The van der Waals surface area contributed by atoms with Crippen LogP contribution in [0.5, 0.6) is 0 Å². The van der Waals surface area contributed by atoms with E-state index in [4.69, 9.17) is 0 Å². The Balaban J connectivity index is 1.80. The average molecular weight is 266 g/mol. The minimum atomic E-state index is 0.122. The van der Waals surface area contributed by atoms with E-state index in [-0.39, 0.29) is 5.91 Å². The predicted octanol–water partition coefficient (Wildman–Crippen LogP) is 3.19. The first kappa shape index (κ1) is 12.9. The number of aryl methyl sites for hydroxylation is 1. The molecule has 1 aliphatic rings. The van der Waals surface area contributed by atoms with Crippen molar-refractivity contribution in [3.8, 4) is 0 Å². The molecule has 1 aromatic carbocycles. The van der Waals surface area contributed by atoms with Crippen molar-refractivity contribution in [2.45, 2.75) is 32.4 Å². The molecule has 0 atom stereocenters. The number of carbonyl (C=O) groups excluding carboxylic acids is 1. The Morgan fingerprint density at radius 1 is 1.25 bits per heavy atom. The molecule has 3 heteroatoms. The zero-order valence-corrected chi connectivity index (χ0v) is 11.6. The first-order chi connectivity index (χ1) is 9.74. The van der Waals surface area contributed by atoms with Gasteiger partial charge in [0.05, 0.1) is 0 Å². The topological polar surface area (TPSA) is 33.2 Å². The third-order valence-electron chi connectivity index (χ3n) is 3.62. The van der Waals surface area contributed by atoms with Gasteiger partial charge in [-0.05, 0) is 43.5 Å². The van der Waals surface area contributed by atoms with Crippen molar-refractivity contribution in [3.63, 3.8) is 0 Å². The largest absolute Gasteiger partial charge is 0.331 e. The Bertz CT molecular complexity index is 588. The van der Waals surface area contributed by atoms with Gasteiger partial charge >= 0.3 is 0 Å². The normalized spacial score (nSPS) is 14.1. The number of rotatable bonds is 4. The highest BCUT2D eigenvalue weighted by Gasteiger charge is 2.33. The van der Waals surface area contributed by atoms with Gasteiger partial charge < -0.3 is 4.90 Å². The molecule has 1 aliphatic carbocycles. The third-order valence-corrected chi connectivity index (χ3v) is 3.62. The van der Waals surface area contributed by atoms with Crippen LogP contribution in [0.4, 0.5) is 0 Å². The molecule has 0 bridgehead atoms. The Morgan fingerprint density at radius 2 is 2.00 bits per heavy atom. The SMILES string of the molecule is Cc1ccc(C(=O)N(Cc2cccnc2)C2CC2)cc1. The molecule has 1 aromatic heterocycles. The maximum Gasteiger partial charge on any atom is 0.254 e. The van der Waals surface area contributed by atoms with Crippen LogP contribution in [0, 0.1) is 6.92 Å². The summed E-state index contributed by atoms with van der Waals surface area (Å²) in [6.07, 6.45) is 5.81. The lowest BCUT2D eigenvalue weighted by Gasteiger charge is -2.22. The summed E-state index contributed by atoms with van der Waals surface area (Å²) in [7, 11) is 0. The number of nitrogens with zero attached hydrogens (tertiary/aromatic N) is 2. The molecule has 1 fully saturated rings. The second-order valence-electron chi connectivity index (χ2n) is 5.39. The zero-order valence-electron chi connectivity index (χ0n) is 11.6. The van der Waals surface area contributed by atoms with Gasteiger partial charge in [0.25, 0.3) is 5.91 Å². The predicted molar refractivity (Wildman–Crippen MR) is 78.3 cm³/mol. The van der Waals surface area contributed by atoms with E-state index in [1.807, 2.05) is 54.4 Å². The summed E-state index contributed by atoms with van der Waals surface area (Å²) in [6.45, 7) is 2.67. The number of carbonyl (C=O) groups is 1.